The van der Waals surface area contributed by atoms with Crippen LogP contribution in [0.3, 0.4) is 0 Å². The summed E-state index contributed by atoms with van der Waals surface area (Å²) in [5.74, 6) is -1.77. The van der Waals surface area contributed by atoms with Gasteiger partial charge in [-0.05, 0) is 35.2 Å². The largest absolute Gasteiger partial charge is 0.478 e. The molecule has 7 heteroatoms. The molecule has 122 valence electrons. The van der Waals surface area contributed by atoms with Crippen molar-refractivity contribution >= 4 is 38.3 Å². The number of carbonyl (C=O) groups excluding carboxylic acids is 1. The molecule has 2 aromatic heterocycles. The summed E-state index contributed by atoms with van der Waals surface area (Å²) < 4.78 is 0.989. The summed E-state index contributed by atoms with van der Waals surface area (Å²) in [6.07, 6.45) is 3.45. The summed E-state index contributed by atoms with van der Waals surface area (Å²) >= 11 is 1.44. The van der Waals surface area contributed by atoms with Crippen LogP contribution in [-0.4, -0.2) is 28.5 Å². The lowest BCUT2D eigenvalue weighted by Crippen LogP contribution is -2.27. The van der Waals surface area contributed by atoms with Crippen molar-refractivity contribution in [3.05, 3.63) is 59.9 Å². The molecule has 1 aromatic carbocycles. The molecular formula is C17H15N3O3S. The van der Waals surface area contributed by atoms with E-state index in [4.69, 9.17) is 10.8 Å². The molecular weight excluding hydrogens is 326 g/mol. The van der Waals surface area contributed by atoms with Gasteiger partial charge in [0.2, 0.25) is 5.91 Å². The number of nitrogens with one attached hydrogen (secondary N) is 1. The number of thiophene rings is 1. The molecule has 4 N–H and O–H groups in total. The highest BCUT2D eigenvalue weighted by Gasteiger charge is 2.20. The second-order valence-corrected chi connectivity index (χ2v) is 6.31. The molecule has 0 spiro atoms. The zero-order chi connectivity index (χ0) is 17.1. The number of rotatable bonds is 5. The van der Waals surface area contributed by atoms with Gasteiger partial charge in [-0.25, -0.2) is 4.79 Å². The van der Waals surface area contributed by atoms with E-state index in [0.717, 1.165) is 15.1 Å². The maximum absolute atomic E-state index is 12.5. The Bertz CT molecular complexity index is 856. The first-order chi connectivity index (χ1) is 11.6. The Morgan fingerprint density at radius 1 is 1.25 bits per heavy atom. The molecule has 6 nitrogen and oxygen atoms in total. The summed E-state index contributed by atoms with van der Waals surface area (Å²) in [4.78, 5) is 27.5. The number of aromatic carboxylic acids is 1. The molecule has 2 heterocycles. The van der Waals surface area contributed by atoms with Gasteiger partial charge in [0.25, 0.3) is 0 Å². The van der Waals surface area contributed by atoms with Crippen molar-refractivity contribution < 1.29 is 14.7 Å². The lowest BCUT2D eigenvalue weighted by molar-refractivity contribution is -0.117. The molecule has 3 rings (SSSR count). The molecule has 0 saturated carbocycles. The summed E-state index contributed by atoms with van der Waals surface area (Å²) in [7, 11) is 0. The van der Waals surface area contributed by atoms with Gasteiger partial charge in [-0.2, -0.15) is 0 Å². The Kier molecular flexibility index (Phi) is 4.54. The number of aromatic nitrogens is 1. The van der Waals surface area contributed by atoms with E-state index in [2.05, 4.69) is 10.3 Å². The predicted octanol–water partition coefficient (Wildman–Crippen LogP) is 2.68. The summed E-state index contributed by atoms with van der Waals surface area (Å²) in [5, 5.41) is 13.6. The Labute approximate surface area is 141 Å². The van der Waals surface area contributed by atoms with E-state index in [1.54, 1.807) is 24.5 Å². The lowest BCUT2D eigenvalue weighted by atomic mass is 9.97. The standard InChI is InChI=1S/C17H15N3O3S/c18-8-13(10-1-3-11(4-2-10)17(22)23)16(21)20-15-7-12-5-6-19-9-14(12)24-15/h1-7,9,13H,8,18H2,(H,20,21)(H,22,23). The number of anilines is 1. The first kappa shape index (κ1) is 16.1. The highest BCUT2D eigenvalue weighted by Crippen LogP contribution is 2.29. The average Bonchev–Trinajstić information content (AvgIpc) is 2.98. The highest BCUT2D eigenvalue weighted by molar-refractivity contribution is 7.22. The maximum Gasteiger partial charge on any atom is 0.335 e. The SMILES string of the molecule is NCC(C(=O)Nc1cc2ccncc2s1)c1ccc(C(=O)O)cc1. The third-order valence-corrected chi connectivity index (χ3v) is 4.68. The quantitative estimate of drug-likeness (QED) is 0.662. The van der Waals surface area contributed by atoms with Crippen molar-refractivity contribution in [2.24, 2.45) is 5.73 Å². The number of nitrogens with zero attached hydrogens (tertiary/aromatic N) is 1. The fraction of sp³-hybridized carbons (Fsp3) is 0.118. The fourth-order valence-corrected chi connectivity index (χ4v) is 3.34. The Morgan fingerprint density at radius 2 is 2.00 bits per heavy atom. The lowest BCUT2D eigenvalue weighted by Gasteiger charge is -2.14. The third-order valence-electron chi connectivity index (χ3n) is 3.68. The molecule has 3 aromatic rings. The first-order valence-corrected chi connectivity index (χ1v) is 8.08. The van der Waals surface area contributed by atoms with E-state index in [1.807, 2.05) is 12.1 Å². The molecule has 0 fully saturated rings. The van der Waals surface area contributed by atoms with Gasteiger partial charge in [0.1, 0.15) is 0 Å². The zero-order valence-corrected chi connectivity index (χ0v) is 13.4. The van der Waals surface area contributed by atoms with Crippen LogP contribution in [-0.2, 0) is 4.79 Å². The average molecular weight is 341 g/mol. The van der Waals surface area contributed by atoms with Crippen LogP contribution in [0.1, 0.15) is 21.8 Å². The highest BCUT2D eigenvalue weighted by atomic mass is 32.1. The number of carbonyl (C=O) groups is 2. The number of carboxylic acids is 1. The van der Waals surface area contributed by atoms with Gasteiger partial charge >= 0.3 is 5.97 Å². The fourth-order valence-electron chi connectivity index (χ4n) is 2.41. The number of fused-ring (bicyclic) bond motifs is 1. The topological polar surface area (TPSA) is 105 Å². The van der Waals surface area contributed by atoms with E-state index >= 15 is 0 Å². The van der Waals surface area contributed by atoms with Crippen LogP contribution in [0.25, 0.3) is 10.1 Å². The van der Waals surface area contributed by atoms with Crippen molar-refractivity contribution in [1.29, 1.82) is 0 Å². The van der Waals surface area contributed by atoms with Crippen molar-refractivity contribution in [1.82, 2.24) is 4.98 Å². The molecule has 24 heavy (non-hydrogen) atoms. The van der Waals surface area contributed by atoms with Crippen LogP contribution in [0.15, 0.2) is 48.8 Å². The second-order valence-electron chi connectivity index (χ2n) is 5.23. The van der Waals surface area contributed by atoms with E-state index in [9.17, 15) is 9.59 Å². The predicted molar refractivity (Wildman–Crippen MR) is 93.4 cm³/mol. The molecule has 0 radical (unpaired) electrons. The van der Waals surface area contributed by atoms with Gasteiger partial charge in [0.05, 0.1) is 21.2 Å². The number of hydrogen-bond donors (Lipinski definition) is 3. The van der Waals surface area contributed by atoms with Gasteiger partial charge in [0, 0.05) is 18.9 Å². The minimum atomic E-state index is -1.01. The molecule has 0 aliphatic rings. The van der Waals surface area contributed by atoms with Crippen LogP contribution in [0.4, 0.5) is 5.00 Å². The van der Waals surface area contributed by atoms with E-state index in [1.165, 1.54) is 23.5 Å². The minimum absolute atomic E-state index is 0.130. The van der Waals surface area contributed by atoms with Gasteiger partial charge in [0.15, 0.2) is 0 Å². The van der Waals surface area contributed by atoms with Gasteiger partial charge in [-0.15, -0.1) is 11.3 Å². The smallest absolute Gasteiger partial charge is 0.335 e. The number of amides is 1. The summed E-state index contributed by atoms with van der Waals surface area (Å²) in [6.45, 7) is 0.130. The van der Waals surface area contributed by atoms with Crippen LogP contribution in [0.5, 0.6) is 0 Å². The Balaban J connectivity index is 1.79. The van der Waals surface area contributed by atoms with Crippen molar-refractivity contribution in [3.63, 3.8) is 0 Å². The molecule has 0 aliphatic heterocycles. The van der Waals surface area contributed by atoms with Gasteiger partial charge in [-0.1, -0.05) is 12.1 Å². The molecule has 1 unspecified atom stereocenters. The minimum Gasteiger partial charge on any atom is -0.478 e. The monoisotopic (exact) mass is 341 g/mol. The van der Waals surface area contributed by atoms with Crippen LogP contribution in [0, 0.1) is 0 Å². The van der Waals surface area contributed by atoms with Crippen molar-refractivity contribution in [2.45, 2.75) is 5.92 Å². The zero-order valence-electron chi connectivity index (χ0n) is 12.6. The summed E-state index contributed by atoms with van der Waals surface area (Å²) in [5.41, 5.74) is 6.60. The molecule has 0 saturated heterocycles. The molecule has 1 amide bonds. The number of hydrogen-bond acceptors (Lipinski definition) is 5. The Hall–Kier alpha value is -2.77. The van der Waals surface area contributed by atoms with E-state index in [-0.39, 0.29) is 18.0 Å². The number of carboxylic acid groups (broad SMARTS) is 1. The Morgan fingerprint density at radius 3 is 2.62 bits per heavy atom. The van der Waals surface area contributed by atoms with Crippen molar-refractivity contribution in [2.75, 3.05) is 11.9 Å². The van der Waals surface area contributed by atoms with E-state index in [0.29, 0.717) is 5.56 Å². The molecule has 0 bridgehead atoms. The van der Waals surface area contributed by atoms with Gasteiger partial charge < -0.3 is 16.2 Å². The van der Waals surface area contributed by atoms with E-state index < -0.39 is 11.9 Å². The number of pyridine rings is 1. The third kappa shape index (κ3) is 3.27. The van der Waals surface area contributed by atoms with Crippen LogP contribution < -0.4 is 11.1 Å². The second kappa shape index (κ2) is 6.77. The maximum atomic E-state index is 12.5. The molecule has 0 aliphatic carbocycles. The van der Waals surface area contributed by atoms with Gasteiger partial charge in [-0.3, -0.25) is 9.78 Å². The number of benzene rings is 1. The van der Waals surface area contributed by atoms with Crippen LogP contribution >= 0.6 is 11.3 Å². The number of nitrogens with two attached hydrogens (primary N) is 1. The van der Waals surface area contributed by atoms with Crippen molar-refractivity contribution in [3.8, 4) is 0 Å². The first-order valence-electron chi connectivity index (χ1n) is 7.26. The summed E-state index contributed by atoms with van der Waals surface area (Å²) in [6, 6.07) is 9.95. The molecule has 1 atom stereocenters. The van der Waals surface area contributed by atoms with Crippen LogP contribution in [0.2, 0.25) is 0 Å². The normalized spacial score (nSPS) is 12.0.